The molecule has 1 aliphatic heterocycles. The molecule has 1 saturated heterocycles. The van der Waals surface area contributed by atoms with Crippen molar-refractivity contribution in [3.05, 3.63) is 88.2 Å². The van der Waals surface area contributed by atoms with Gasteiger partial charge in [-0.1, -0.05) is 43.7 Å². The number of piperidine rings is 1. The Kier molecular flexibility index (Phi) is 8.99. The van der Waals surface area contributed by atoms with Crippen molar-refractivity contribution in [1.29, 1.82) is 0 Å². The number of rotatable bonds is 8. The number of hydrogen-bond acceptors (Lipinski definition) is 4. The average molecular weight is 636 g/mol. The van der Waals surface area contributed by atoms with Gasteiger partial charge in [-0.25, -0.2) is 4.39 Å². The van der Waals surface area contributed by atoms with Crippen LogP contribution in [0.3, 0.4) is 0 Å². The maximum absolute atomic E-state index is 15.0. The first kappa shape index (κ1) is 32.5. The van der Waals surface area contributed by atoms with Crippen LogP contribution >= 0.6 is 0 Å². The van der Waals surface area contributed by atoms with Crippen LogP contribution < -0.4 is 10.6 Å². The number of alkyl halides is 6. The molecule has 0 bridgehead atoms. The van der Waals surface area contributed by atoms with E-state index in [1.807, 2.05) is 0 Å². The molecule has 5 nitrogen and oxygen atoms in total. The Morgan fingerprint density at radius 1 is 0.956 bits per heavy atom. The second-order valence-corrected chi connectivity index (χ2v) is 11.4. The Bertz CT molecular complexity index is 1600. The van der Waals surface area contributed by atoms with Crippen molar-refractivity contribution < 1.29 is 40.3 Å². The van der Waals surface area contributed by atoms with E-state index < -0.39 is 59.6 Å². The number of halogens is 7. The summed E-state index contributed by atoms with van der Waals surface area (Å²) >= 11 is 0. The van der Waals surface area contributed by atoms with Crippen LogP contribution in [0.4, 0.5) is 36.4 Å². The van der Waals surface area contributed by atoms with Gasteiger partial charge in [0.1, 0.15) is 12.4 Å². The first-order valence-electron chi connectivity index (χ1n) is 14.8. The van der Waals surface area contributed by atoms with Crippen molar-refractivity contribution in [2.75, 3.05) is 24.5 Å². The molecule has 2 unspecified atom stereocenters. The Morgan fingerprint density at radius 2 is 1.69 bits per heavy atom. The van der Waals surface area contributed by atoms with Gasteiger partial charge in [0, 0.05) is 24.2 Å². The van der Waals surface area contributed by atoms with Crippen molar-refractivity contribution in [1.82, 2.24) is 4.90 Å². The van der Waals surface area contributed by atoms with Gasteiger partial charge in [-0.2, -0.15) is 26.3 Å². The molecule has 12 heteroatoms. The van der Waals surface area contributed by atoms with Crippen molar-refractivity contribution in [3.63, 3.8) is 0 Å². The summed E-state index contributed by atoms with van der Waals surface area (Å²) in [5, 5.41) is 0. The molecule has 1 aliphatic carbocycles. The van der Waals surface area contributed by atoms with E-state index in [1.54, 1.807) is 36.1 Å². The number of carbonyl (C=O) groups excluding carboxylic acids is 2. The summed E-state index contributed by atoms with van der Waals surface area (Å²) in [5.41, 5.74) is 6.13. The van der Waals surface area contributed by atoms with Crippen LogP contribution in [-0.2, 0) is 11.0 Å². The molecule has 0 radical (unpaired) electrons. The molecule has 0 saturated carbocycles. The van der Waals surface area contributed by atoms with E-state index in [9.17, 15) is 35.9 Å². The lowest BCUT2D eigenvalue weighted by atomic mass is 9.88. The van der Waals surface area contributed by atoms with Crippen molar-refractivity contribution >= 4 is 17.4 Å². The van der Waals surface area contributed by atoms with Crippen LogP contribution in [0.15, 0.2) is 54.6 Å². The van der Waals surface area contributed by atoms with Crippen molar-refractivity contribution in [3.8, 4) is 11.1 Å². The number of amides is 1. The smallest absolute Gasteiger partial charge is 0.355 e. The number of carbonyl (C=O) groups is 2. The van der Waals surface area contributed by atoms with Gasteiger partial charge in [0.05, 0.1) is 28.9 Å². The fourth-order valence-corrected chi connectivity index (χ4v) is 6.30. The summed E-state index contributed by atoms with van der Waals surface area (Å²) in [6.45, 7) is 0.460. The zero-order chi connectivity index (χ0) is 32.7. The quantitative estimate of drug-likeness (QED) is 0.204. The SMILES string of the molecule is CCCCN(CC(F)(F)F)C(=O)C1c2ccccc2-c2ccc(C(=O)c3cc(C(F)(F)F)ccc3F)c(N3CCCCC3N)c21. The predicted octanol–water partition coefficient (Wildman–Crippen LogP) is 7.65. The molecule has 3 aromatic rings. The maximum atomic E-state index is 15.0. The molecule has 1 heterocycles. The zero-order valence-corrected chi connectivity index (χ0v) is 24.4. The van der Waals surface area contributed by atoms with Gasteiger partial charge in [-0.05, 0) is 66.6 Å². The minimum Gasteiger partial charge on any atom is -0.355 e. The molecule has 3 aromatic carbocycles. The topological polar surface area (TPSA) is 66.6 Å². The molecule has 2 aliphatic rings. The normalized spacial score (nSPS) is 18.0. The van der Waals surface area contributed by atoms with Gasteiger partial charge >= 0.3 is 12.4 Å². The Hall–Kier alpha value is -3.93. The van der Waals surface area contributed by atoms with Crippen molar-refractivity contribution in [2.24, 2.45) is 5.73 Å². The summed E-state index contributed by atoms with van der Waals surface area (Å²) in [6, 6.07) is 11.1. The molecule has 0 spiro atoms. The van der Waals surface area contributed by atoms with Crippen LogP contribution in [0.1, 0.15) is 77.6 Å². The minimum atomic E-state index is -4.85. The van der Waals surface area contributed by atoms with Crippen LogP contribution in [0.2, 0.25) is 0 Å². The highest BCUT2D eigenvalue weighted by Crippen LogP contribution is 2.52. The van der Waals surface area contributed by atoms with Gasteiger partial charge in [0.15, 0.2) is 5.78 Å². The summed E-state index contributed by atoms with van der Waals surface area (Å²) in [6.07, 6.45) is -7.48. The van der Waals surface area contributed by atoms with E-state index in [2.05, 4.69) is 0 Å². The number of nitrogens with zero attached hydrogens (tertiary/aromatic N) is 2. The van der Waals surface area contributed by atoms with E-state index >= 15 is 4.39 Å². The number of nitrogens with two attached hydrogens (primary N) is 1. The summed E-state index contributed by atoms with van der Waals surface area (Å²) in [4.78, 5) is 30.7. The number of ketones is 1. The lowest BCUT2D eigenvalue weighted by Gasteiger charge is -2.38. The second kappa shape index (κ2) is 12.5. The Labute approximate surface area is 255 Å². The number of unbranched alkanes of at least 4 members (excludes halogenated alkanes) is 1. The molecule has 5 rings (SSSR count). The first-order chi connectivity index (χ1) is 21.2. The molecule has 1 fully saturated rings. The highest BCUT2D eigenvalue weighted by Gasteiger charge is 2.44. The molecule has 45 heavy (non-hydrogen) atoms. The van der Waals surface area contributed by atoms with Gasteiger partial charge in [-0.3, -0.25) is 9.59 Å². The van der Waals surface area contributed by atoms with Crippen molar-refractivity contribution in [2.45, 2.75) is 63.5 Å². The van der Waals surface area contributed by atoms with Crippen LogP contribution in [-0.4, -0.2) is 48.6 Å². The summed E-state index contributed by atoms with van der Waals surface area (Å²) in [5.74, 6) is -4.32. The third-order valence-corrected chi connectivity index (χ3v) is 8.40. The molecule has 1 amide bonds. The lowest BCUT2D eigenvalue weighted by molar-refractivity contribution is -0.161. The van der Waals surface area contributed by atoms with Crippen LogP contribution in [0, 0.1) is 5.82 Å². The highest BCUT2D eigenvalue weighted by atomic mass is 19.4. The van der Waals surface area contributed by atoms with Gasteiger partial charge in [0.25, 0.3) is 0 Å². The predicted molar refractivity (Wildman–Crippen MR) is 155 cm³/mol. The maximum Gasteiger partial charge on any atom is 0.416 e. The standard InChI is InChI=1S/C33H32F7N3O2/c1-2-3-15-42(18-32(35,36)37)31(45)28-21-9-5-4-8-20(21)22-12-13-23(29(27(22)28)43-16-7-6-10-26(43)41)30(44)24-17-19(33(38,39)40)11-14-25(24)34/h4-5,8-9,11-14,17,26,28H,2-3,6-7,10,15-16,18,41H2,1H3. The van der Waals surface area contributed by atoms with E-state index in [1.165, 1.54) is 12.1 Å². The number of benzene rings is 3. The molecular weight excluding hydrogens is 603 g/mol. The third-order valence-electron chi connectivity index (χ3n) is 8.40. The van der Waals surface area contributed by atoms with E-state index in [0.29, 0.717) is 67.1 Å². The Morgan fingerprint density at radius 3 is 2.36 bits per heavy atom. The number of anilines is 1. The fraction of sp³-hybridized carbons (Fsp3) is 0.394. The molecule has 0 aromatic heterocycles. The monoisotopic (exact) mass is 635 g/mol. The minimum absolute atomic E-state index is 0.124. The molecule has 2 atom stereocenters. The lowest BCUT2D eigenvalue weighted by Crippen LogP contribution is -2.47. The summed E-state index contributed by atoms with van der Waals surface area (Å²) < 4.78 is 96.9. The van der Waals surface area contributed by atoms with Gasteiger partial charge < -0.3 is 15.5 Å². The van der Waals surface area contributed by atoms with E-state index in [4.69, 9.17) is 5.73 Å². The van der Waals surface area contributed by atoms with E-state index in [0.717, 1.165) is 11.3 Å². The summed E-state index contributed by atoms with van der Waals surface area (Å²) in [7, 11) is 0. The number of fused-ring (bicyclic) bond motifs is 3. The van der Waals surface area contributed by atoms with E-state index in [-0.39, 0.29) is 23.4 Å². The molecule has 240 valence electrons. The van der Waals surface area contributed by atoms with Crippen LogP contribution in [0.5, 0.6) is 0 Å². The average Bonchev–Trinajstić information content (AvgIpc) is 3.32. The molecule has 2 N–H and O–H groups in total. The first-order valence-corrected chi connectivity index (χ1v) is 14.8. The second-order valence-electron chi connectivity index (χ2n) is 11.4. The largest absolute Gasteiger partial charge is 0.416 e. The van der Waals surface area contributed by atoms with Crippen LogP contribution in [0.25, 0.3) is 11.1 Å². The Balaban J connectivity index is 1.75. The highest BCUT2D eigenvalue weighted by molar-refractivity contribution is 6.15. The zero-order valence-electron chi connectivity index (χ0n) is 24.4. The fourth-order valence-electron chi connectivity index (χ4n) is 6.30. The van der Waals surface area contributed by atoms with Gasteiger partial charge in [0.2, 0.25) is 5.91 Å². The number of hydrogen-bond donors (Lipinski definition) is 1. The molecular formula is C33H32F7N3O2. The third kappa shape index (κ3) is 6.43. The van der Waals surface area contributed by atoms with Gasteiger partial charge in [-0.15, -0.1) is 0 Å².